The summed E-state index contributed by atoms with van der Waals surface area (Å²) in [7, 11) is 0. The first-order valence-electron chi connectivity index (χ1n) is 13.3. The van der Waals surface area contributed by atoms with Gasteiger partial charge in [-0.25, -0.2) is 9.79 Å². The van der Waals surface area contributed by atoms with Crippen LogP contribution in [0.2, 0.25) is 0 Å². The van der Waals surface area contributed by atoms with Gasteiger partial charge < -0.3 is 15.5 Å². The zero-order valence-corrected chi connectivity index (χ0v) is 22.0. The predicted molar refractivity (Wildman–Crippen MR) is 152 cm³/mol. The minimum atomic E-state index is -1.29. The number of aliphatic imine (C=N–C) groups is 1. The number of nitrogens with zero attached hydrogens (tertiary/aromatic N) is 6. The van der Waals surface area contributed by atoms with Crippen molar-refractivity contribution < 1.29 is 14.4 Å². The Morgan fingerprint density at radius 3 is 2.46 bits per heavy atom. The Hall–Kier alpha value is -5.39. The normalized spacial score (nSPS) is 16.5. The second-order valence-corrected chi connectivity index (χ2v) is 9.69. The van der Waals surface area contributed by atoms with E-state index >= 15 is 0 Å². The molecule has 206 valence electrons. The second-order valence-electron chi connectivity index (χ2n) is 9.69. The van der Waals surface area contributed by atoms with Crippen molar-refractivity contribution in [1.82, 2.24) is 30.8 Å². The highest BCUT2D eigenvalue weighted by Gasteiger charge is 2.35. The summed E-state index contributed by atoms with van der Waals surface area (Å²) in [4.78, 5) is 48.4. The van der Waals surface area contributed by atoms with Crippen LogP contribution in [0.3, 0.4) is 0 Å². The van der Waals surface area contributed by atoms with Crippen molar-refractivity contribution in [3.63, 3.8) is 0 Å². The van der Waals surface area contributed by atoms with E-state index in [2.05, 4.69) is 31.3 Å². The van der Waals surface area contributed by atoms with Crippen molar-refractivity contribution in [1.29, 1.82) is 0 Å². The van der Waals surface area contributed by atoms with Crippen LogP contribution < -0.4 is 15.5 Å². The quantitative estimate of drug-likeness (QED) is 0.337. The molecule has 0 saturated carbocycles. The van der Waals surface area contributed by atoms with E-state index in [-0.39, 0.29) is 12.5 Å². The summed E-state index contributed by atoms with van der Waals surface area (Å²) < 4.78 is 0. The molecule has 12 heteroatoms. The van der Waals surface area contributed by atoms with Gasteiger partial charge in [-0.2, -0.15) is 5.21 Å². The molecule has 41 heavy (non-hydrogen) atoms. The fraction of sp³-hybridized carbons (Fsp3) is 0.207. The highest BCUT2D eigenvalue weighted by Crippen LogP contribution is 2.29. The number of aromatic amines is 1. The fourth-order valence-electron chi connectivity index (χ4n) is 5.03. The van der Waals surface area contributed by atoms with Crippen molar-refractivity contribution in [2.45, 2.75) is 19.0 Å². The van der Waals surface area contributed by atoms with Gasteiger partial charge in [0.2, 0.25) is 17.9 Å². The summed E-state index contributed by atoms with van der Waals surface area (Å²) in [6.07, 6.45) is 0.593. The van der Waals surface area contributed by atoms with Crippen LogP contribution in [0, 0.1) is 0 Å². The number of nitrogens with one attached hydrogen (secondary N) is 3. The number of fused-ring (bicyclic) bond motifs is 1. The molecular weight excluding hydrogens is 522 g/mol. The van der Waals surface area contributed by atoms with Gasteiger partial charge in [0.25, 0.3) is 5.91 Å². The van der Waals surface area contributed by atoms with Gasteiger partial charge in [-0.15, -0.1) is 10.2 Å². The van der Waals surface area contributed by atoms with Crippen molar-refractivity contribution in [2.75, 3.05) is 29.9 Å². The van der Waals surface area contributed by atoms with Crippen molar-refractivity contribution in [3.05, 3.63) is 90.0 Å². The summed E-state index contributed by atoms with van der Waals surface area (Å²) in [6.45, 7) is 1.18. The van der Waals surface area contributed by atoms with Crippen LogP contribution in [0.25, 0.3) is 11.4 Å². The number of anilines is 2. The lowest BCUT2D eigenvalue weighted by molar-refractivity contribution is -0.130. The molecule has 6 rings (SSSR count). The molecule has 1 atom stereocenters. The number of benzene rings is 3. The first kappa shape index (κ1) is 25.9. The molecule has 0 radical (unpaired) electrons. The highest BCUT2D eigenvalue weighted by molar-refractivity contribution is 6.21. The largest absolute Gasteiger partial charge is 0.341 e. The summed E-state index contributed by atoms with van der Waals surface area (Å²) >= 11 is 0. The maximum absolute atomic E-state index is 14.0. The molecule has 4 aromatic rings. The van der Waals surface area contributed by atoms with Gasteiger partial charge in [0.1, 0.15) is 6.54 Å². The number of amides is 4. The monoisotopic (exact) mass is 549 g/mol. The van der Waals surface area contributed by atoms with Gasteiger partial charge in [0.15, 0.2) is 0 Å². The maximum Gasteiger partial charge on any atom is 0.321 e. The Balaban J connectivity index is 1.32. The summed E-state index contributed by atoms with van der Waals surface area (Å²) in [5.74, 6) is -0.275. The molecule has 3 N–H and O–H groups in total. The minimum absolute atomic E-state index is 0.143. The Morgan fingerprint density at radius 1 is 0.927 bits per heavy atom. The van der Waals surface area contributed by atoms with Gasteiger partial charge in [0.05, 0.1) is 11.4 Å². The molecule has 2 aliphatic heterocycles. The van der Waals surface area contributed by atoms with E-state index in [0.717, 1.165) is 18.4 Å². The molecule has 1 saturated heterocycles. The summed E-state index contributed by atoms with van der Waals surface area (Å²) in [5, 5.41) is 19.4. The third kappa shape index (κ3) is 5.53. The van der Waals surface area contributed by atoms with Crippen LogP contribution in [0.5, 0.6) is 0 Å². The number of benzodiazepines with no additional fused rings is 1. The molecule has 0 aliphatic carbocycles. The van der Waals surface area contributed by atoms with Gasteiger partial charge in [-0.3, -0.25) is 14.5 Å². The molecular formula is C29H27N9O3. The molecule has 12 nitrogen and oxygen atoms in total. The van der Waals surface area contributed by atoms with Gasteiger partial charge in [-0.05, 0) is 36.3 Å². The topological polar surface area (TPSA) is 149 Å². The third-order valence-corrected chi connectivity index (χ3v) is 7.00. The number of tetrazole rings is 1. The number of hydrogen-bond donors (Lipinski definition) is 3. The molecule has 3 aromatic carbocycles. The molecule has 3 heterocycles. The maximum atomic E-state index is 14.0. The van der Waals surface area contributed by atoms with Gasteiger partial charge >= 0.3 is 6.03 Å². The Morgan fingerprint density at radius 2 is 1.68 bits per heavy atom. The molecule has 1 unspecified atom stereocenters. The Bertz CT molecular complexity index is 1600. The van der Waals surface area contributed by atoms with Crippen LogP contribution in [0.4, 0.5) is 16.2 Å². The fourth-order valence-corrected chi connectivity index (χ4v) is 5.03. The van der Waals surface area contributed by atoms with Crippen molar-refractivity contribution in [3.8, 4) is 11.4 Å². The van der Waals surface area contributed by atoms with E-state index in [0.29, 0.717) is 47.1 Å². The standard InChI is InChI=1S/C29H27N9O3/c39-24(37-15-6-7-16-37)18-38-23-14-5-4-13-22(23)25(19-9-2-1-3-10-19)31-27(28(38)40)32-29(41)30-21-12-8-11-20(17-21)26-33-35-36-34-26/h1-5,8-14,17,27H,6-7,15-16,18H2,(H2,30,32,41)(H,33,34,35,36). The Labute approximate surface area is 235 Å². The lowest BCUT2D eigenvalue weighted by Gasteiger charge is -2.27. The van der Waals surface area contributed by atoms with E-state index < -0.39 is 18.1 Å². The van der Waals surface area contributed by atoms with E-state index in [1.54, 1.807) is 35.2 Å². The zero-order valence-electron chi connectivity index (χ0n) is 22.0. The lowest BCUT2D eigenvalue weighted by Crippen LogP contribution is -2.51. The number of likely N-dealkylation sites (tertiary alicyclic amines) is 1. The number of carbonyl (C=O) groups is 3. The molecule has 0 bridgehead atoms. The lowest BCUT2D eigenvalue weighted by atomic mass is 10.0. The summed E-state index contributed by atoms with van der Waals surface area (Å²) in [6, 6.07) is 23.1. The second kappa shape index (κ2) is 11.4. The smallest absolute Gasteiger partial charge is 0.321 e. The number of hydrogen-bond acceptors (Lipinski definition) is 7. The van der Waals surface area contributed by atoms with Crippen molar-refractivity contribution >= 4 is 34.9 Å². The number of urea groups is 1. The first-order chi connectivity index (χ1) is 20.1. The molecule has 1 fully saturated rings. The molecule has 1 aromatic heterocycles. The highest BCUT2D eigenvalue weighted by atomic mass is 16.2. The third-order valence-electron chi connectivity index (χ3n) is 7.00. The van der Waals surface area contributed by atoms with Crippen LogP contribution in [0.15, 0.2) is 83.9 Å². The van der Waals surface area contributed by atoms with E-state index in [1.807, 2.05) is 48.5 Å². The van der Waals surface area contributed by atoms with Gasteiger partial charge in [0, 0.05) is 35.5 Å². The SMILES string of the molecule is O=C(Nc1cccc(-c2nn[nH]n2)c1)NC1N=C(c2ccccc2)c2ccccc2N(CC(=O)N2CCCC2)C1=O. The minimum Gasteiger partial charge on any atom is -0.341 e. The Kier molecular flexibility index (Phi) is 7.18. The average molecular weight is 550 g/mol. The number of aromatic nitrogens is 4. The predicted octanol–water partition coefficient (Wildman–Crippen LogP) is 2.82. The van der Waals surface area contributed by atoms with Crippen LogP contribution in [0.1, 0.15) is 24.0 Å². The van der Waals surface area contributed by atoms with E-state index in [9.17, 15) is 14.4 Å². The molecule has 0 spiro atoms. The van der Waals surface area contributed by atoms with E-state index in [4.69, 9.17) is 4.99 Å². The number of para-hydroxylation sites is 1. The molecule has 4 amide bonds. The van der Waals surface area contributed by atoms with Crippen molar-refractivity contribution in [2.24, 2.45) is 4.99 Å². The zero-order chi connectivity index (χ0) is 28.2. The number of rotatable bonds is 6. The molecule has 2 aliphatic rings. The van der Waals surface area contributed by atoms with Crippen LogP contribution in [-0.2, 0) is 9.59 Å². The van der Waals surface area contributed by atoms with Crippen LogP contribution in [-0.4, -0.2) is 74.9 Å². The number of carbonyl (C=O) groups excluding carboxylic acids is 3. The van der Waals surface area contributed by atoms with Crippen LogP contribution >= 0.6 is 0 Å². The average Bonchev–Trinajstić information content (AvgIpc) is 3.72. The number of H-pyrrole nitrogens is 1. The first-order valence-corrected chi connectivity index (χ1v) is 13.3. The summed E-state index contributed by atoms with van der Waals surface area (Å²) in [5.41, 5.74) is 3.68. The van der Waals surface area contributed by atoms with E-state index in [1.165, 1.54) is 4.90 Å². The van der Waals surface area contributed by atoms with Gasteiger partial charge in [-0.1, -0.05) is 60.7 Å².